The van der Waals surface area contributed by atoms with Crippen molar-refractivity contribution in [3.05, 3.63) is 22.6 Å². The third-order valence-electron chi connectivity index (χ3n) is 6.29. The van der Waals surface area contributed by atoms with Crippen molar-refractivity contribution in [1.82, 2.24) is 29.5 Å². The van der Waals surface area contributed by atoms with E-state index >= 15 is 0 Å². The molecule has 2 saturated heterocycles. The first-order valence-corrected chi connectivity index (χ1v) is 12.4. The van der Waals surface area contributed by atoms with Crippen molar-refractivity contribution in [2.24, 2.45) is 0 Å². The van der Waals surface area contributed by atoms with Gasteiger partial charge in [-0.3, -0.25) is 9.48 Å². The molecule has 4 rings (SSSR count). The minimum Gasteiger partial charge on any atom is -0.369 e. The molecule has 0 spiro atoms. The number of aromatic nitrogens is 4. The van der Waals surface area contributed by atoms with Gasteiger partial charge in [0.25, 0.3) is 0 Å². The quantitative estimate of drug-likeness (QED) is 0.504. The highest BCUT2D eigenvalue weighted by molar-refractivity contribution is 9.10. The van der Waals surface area contributed by atoms with Crippen LogP contribution in [0.1, 0.15) is 50.8 Å². The largest absolute Gasteiger partial charge is 0.369 e. The van der Waals surface area contributed by atoms with Crippen LogP contribution in [-0.4, -0.2) is 74.7 Å². The molecule has 0 aliphatic carbocycles. The maximum atomic E-state index is 11.9. The zero-order chi connectivity index (χ0) is 22.5. The summed E-state index contributed by atoms with van der Waals surface area (Å²) in [6.45, 7) is 9.87. The van der Waals surface area contributed by atoms with Crippen molar-refractivity contribution in [3.63, 3.8) is 0 Å². The highest BCUT2D eigenvalue weighted by Crippen LogP contribution is 2.26. The van der Waals surface area contributed by atoms with Gasteiger partial charge in [0.2, 0.25) is 11.9 Å². The normalized spacial score (nSPS) is 19.5. The number of piperidine rings is 1. The van der Waals surface area contributed by atoms with Gasteiger partial charge >= 0.3 is 0 Å². The van der Waals surface area contributed by atoms with E-state index in [4.69, 9.17) is 5.10 Å². The molecule has 0 unspecified atom stereocenters. The lowest BCUT2D eigenvalue weighted by molar-refractivity contribution is -0.133. The number of carbonyl (C=O) groups is 1. The molecule has 9 nitrogen and oxygen atoms in total. The van der Waals surface area contributed by atoms with E-state index in [1.54, 1.807) is 6.20 Å². The lowest BCUT2D eigenvalue weighted by Gasteiger charge is -2.26. The van der Waals surface area contributed by atoms with E-state index in [1.807, 2.05) is 11.8 Å². The van der Waals surface area contributed by atoms with Crippen LogP contribution >= 0.6 is 15.9 Å². The van der Waals surface area contributed by atoms with Crippen LogP contribution < -0.4 is 10.6 Å². The van der Waals surface area contributed by atoms with Crippen molar-refractivity contribution < 1.29 is 4.79 Å². The molecule has 2 aromatic rings. The lowest BCUT2D eigenvalue weighted by atomic mass is 10.1. The summed E-state index contributed by atoms with van der Waals surface area (Å²) >= 11 is 3.53. The average Bonchev–Trinajstić information content (AvgIpc) is 3.41. The second kappa shape index (κ2) is 10.6. The van der Waals surface area contributed by atoms with Crippen molar-refractivity contribution in [2.45, 2.75) is 52.0 Å². The number of anilines is 3. The average molecular weight is 505 g/mol. The fraction of sp³-hybridized carbons (Fsp3) is 0.636. The third kappa shape index (κ3) is 5.58. The van der Waals surface area contributed by atoms with E-state index in [1.165, 1.54) is 0 Å². The molecule has 32 heavy (non-hydrogen) atoms. The van der Waals surface area contributed by atoms with Gasteiger partial charge in [-0.05, 0) is 55.1 Å². The van der Waals surface area contributed by atoms with Gasteiger partial charge in [-0.1, -0.05) is 6.92 Å². The molecule has 0 saturated carbocycles. The maximum Gasteiger partial charge on any atom is 0.229 e. The van der Waals surface area contributed by atoms with Crippen LogP contribution in [-0.2, 0) is 4.79 Å². The van der Waals surface area contributed by atoms with Gasteiger partial charge < -0.3 is 20.4 Å². The molecule has 2 aliphatic rings. The molecule has 174 valence electrons. The zero-order valence-corrected chi connectivity index (χ0v) is 20.6. The second-order valence-corrected chi connectivity index (χ2v) is 9.43. The summed E-state index contributed by atoms with van der Waals surface area (Å²) in [6, 6.07) is 0.416. The van der Waals surface area contributed by atoms with Gasteiger partial charge in [0.05, 0.1) is 21.9 Å². The predicted molar refractivity (Wildman–Crippen MR) is 129 cm³/mol. The molecule has 0 radical (unpaired) electrons. The monoisotopic (exact) mass is 504 g/mol. The number of likely N-dealkylation sites (N-methyl/N-ethyl adjacent to an activating group) is 1. The van der Waals surface area contributed by atoms with E-state index in [9.17, 15) is 4.79 Å². The summed E-state index contributed by atoms with van der Waals surface area (Å²) in [6.07, 6.45) is 8.64. The van der Waals surface area contributed by atoms with Gasteiger partial charge in [0.1, 0.15) is 5.82 Å². The minimum atomic E-state index is 0.280. The Morgan fingerprint density at radius 3 is 2.94 bits per heavy atom. The van der Waals surface area contributed by atoms with Crippen LogP contribution in [0.3, 0.4) is 0 Å². The Hall–Kier alpha value is -2.20. The molecule has 1 amide bonds. The molecular weight excluding hydrogens is 472 g/mol. The Kier molecular flexibility index (Phi) is 7.62. The predicted octanol–water partition coefficient (Wildman–Crippen LogP) is 3.57. The number of nitrogens with zero attached hydrogens (tertiary/aromatic N) is 6. The number of amides is 1. The Balaban J connectivity index is 1.33. The van der Waals surface area contributed by atoms with E-state index < -0.39 is 0 Å². The van der Waals surface area contributed by atoms with Crippen LogP contribution in [0.4, 0.5) is 17.5 Å². The zero-order valence-electron chi connectivity index (χ0n) is 19.0. The van der Waals surface area contributed by atoms with E-state index in [0.717, 1.165) is 86.6 Å². The summed E-state index contributed by atoms with van der Waals surface area (Å²) < 4.78 is 2.89. The number of hydrogen-bond acceptors (Lipinski definition) is 7. The number of carbonyl (C=O) groups excluding carboxylic acids is 1. The number of halogens is 1. The molecule has 4 heterocycles. The fourth-order valence-electron chi connectivity index (χ4n) is 4.35. The Morgan fingerprint density at radius 2 is 2.16 bits per heavy atom. The number of aryl methyl sites for hydroxylation is 1. The van der Waals surface area contributed by atoms with Crippen LogP contribution in [0, 0.1) is 6.92 Å². The lowest BCUT2D eigenvalue weighted by Crippen LogP contribution is -2.36. The summed E-state index contributed by atoms with van der Waals surface area (Å²) in [5.74, 6) is 1.56. The Labute approximate surface area is 198 Å². The van der Waals surface area contributed by atoms with Gasteiger partial charge in [0, 0.05) is 51.5 Å². The third-order valence-corrected chi connectivity index (χ3v) is 6.87. The number of hydrogen-bond donors (Lipinski definition) is 2. The van der Waals surface area contributed by atoms with Crippen LogP contribution in [0.15, 0.2) is 16.9 Å². The summed E-state index contributed by atoms with van der Waals surface area (Å²) in [4.78, 5) is 25.4. The highest BCUT2D eigenvalue weighted by Gasteiger charge is 2.24. The van der Waals surface area contributed by atoms with E-state index in [2.05, 4.69) is 59.2 Å². The van der Waals surface area contributed by atoms with Crippen molar-refractivity contribution in [2.75, 3.05) is 49.9 Å². The maximum absolute atomic E-state index is 11.9. The minimum absolute atomic E-state index is 0.280. The summed E-state index contributed by atoms with van der Waals surface area (Å²) in [5.41, 5.74) is 1.86. The number of rotatable bonds is 9. The SMILES string of the molecule is CCN1CC[C@@H](n2cc(Nc3ncc(Br)c(NCCCN4CCCCC4=O)n3)c(C)n2)C1. The fourth-order valence-corrected chi connectivity index (χ4v) is 4.68. The van der Waals surface area contributed by atoms with Gasteiger partial charge in [0.15, 0.2) is 0 Å². The van der Waals surface area contributed by atoms with Crippen LogP contribution in [0.25, 0.3) is 0 Å². The summed E-state index contributed by atoms with van der Waals surface area (Å²) in [7, 11) is 0. The van der Waals surface area contributed by atoms with Crippen LogP contribution in [0.2, 0.25) is 0 Å². The molecule has 0 bridgehead atoms. The molecular formula is C22H33BrN8O. The Morgan fingerprint density at radius 1 is 1.28 bits per heavy atom. The van der Waals surface area contributed by atoms with Crippen LogP contribution in [0.5, 0.6) is 0 Å². The first-order valence-electron chi connectivity index (χ1n) is 11.6. The molecule has 2 aliphatic heterocycles. The number of likely N-dealkylation sites (tertiary alicyclic amines) is 2. The molecule has 2 aromatic heterocycles. The second-order valence-electron chi connectivity index (χ2n) is 8.58. The molecule has 10 heteroatoms. The molecule has 0 aromatic carbocycles. The van der Waals surface area contributed by atoms with E-state index in [-0.39, 0.29) is 5.91 Å². The van der Waals surface area contributed by atoms with Gasteiger partial charge in [-0.2, -0.15) is 10.1 Å². The standard InChI is InChI=1S/C22H33BrN8O/c1-3-29-12-8-17(14-29)31-15-19(16(2)28-31)26-22-25-13-18(23)21(27-22)24-9-6-11-30-10-5-4-7-20(30)32/h13,15,17H,3-12,14H2,1-2H3,(H2,24,25,26,27)/t17-/m1/s1. The topological polar surface area (TPSA) is 91.2 Å². The van der Waals surface area contributed by atoms with Gasteiger partial charge in [-0.25, -0.2) is 4.98 Å². The molecule has 2 fully saturated rings. The van der Waals surface area contributed by atoms with E-state index in [0.29, 0.717) is 18.4 Å². The van der Waals surface area contributed by atoms with Crippen molar-refractivity contribution >= 4 is 39.3 Å². The molecule has 1 atom stereocenters. The summed E-state index contributed by atoms with van der Waals surface area (Å²) in [5, 5.41) is 11.4. The smallest absolute Gasteiger partial charge is 0.229 e. The van der Waals surface area contributed by atoms with Crippen molar-refractivity contribution in [1.29, 1.82) is 0 Å². The van der Waals surface area contributed by atoms with Crippen molar-refractivity contribution in [3.8, 4) is 0 Å². The Bertz CT molecular complexity index is 933. The molecule has 2 N–H and O–H groups in total. The number of nitrogens with one attached hydrogen (secondary N) is 2. The first-order chi connectivity index (χ1) is 15.5. The first kappa shape index (κ1) is 23.0. The highest BCUT2D eigenvalue weighted by atomic mass is 79.9. The van der Waals surface area contributed by atoms with Gasteiger partial charge in [-0.15, -0.1) is 0 Å².